The largest absolute Gasteiger partial charge is 0.490 e. The Labute approximate surface area is 115 Å². The van der Waals surface area contributed by atoms with Gasteiger partial charge >= 0.3 is 0 Å². The second kappa shape index (κ2) is 10.6. The number of hydrogen-bond acceptors (Lipinski definition) is 4. The first-order chi connectivity index (χ1) is 9.36. The normalized spacial score (nSPS) is 10.4. The first-order valence-electron chi connectivity index (χ1n) is 6.71. The van der Waals surface area contributed by atoms with E-state index in [1.54, 1.807) is 6.08 Å². The summed E-state index contributed by atoms with van der Waals surface area (Å²) in [6.45, 7) is 7.79. The van der Waals surface area contributed by atoms with Crippen molar-refractivity contribution in [2.24, 2.45) is 0 Å². The van der Waals surface area contributed by atoms with Gasteiger partial charge < -0.3 is 20.5 Å². The maximum absolute atomic E-state index is 8.60. The molecule has 4 heteroatoms. The Morgan fingerprint density at radius 2 is 1.84 bits per heavy atom. The summed E-state index contributed by atoms with van der Waals surface area (Å²) in [7, 11) is 0. The van der Waals surface area contributed by atoms with E-state index in [0.29, 0.717) is 13.2 Å². The van der Waals surface area contributed by atoms with Crippen molar-refractivity contribution in [2.45, 2.75) is 13.0 Å². The van der Waals surface area contributed by atoms with E-state index in [-0.39, 0.29) is 6.61 Å². The topological polar surface area (TPSA) is 53.5 Å². The van der Waals surface area contributed by atoms with Crippen LogP contribution in [0.15, 0.2) is 36.9 Å². The Bertz CT molecular complexity index is 339. The molecule has 1 aromatic rings. The van der Waals surface area contributed by atoms with Crippen LogP contribution < -0.4 is 15.4 Å². The first kappa shape index (κ1) is 15.7. The van der Waals surface area contributed by atoms with Gasteiger partial charge in [0, 0.05) is 13.1 Å². The van der Waals surface area contributed by atoms with Gasteiger partial charge in [0.05, 0.1) is 6.61 Å². The molecule has 0 aliphatic rings. The van der Waals surface area contributed by atoms with Crippen molar-refractivity contribution in [2.75, 3.05) is 32.8 Å². The molecule has 0 unspecified atom stereocenters. The molecule has 0 aromatic heterocycles. The van der Waals surface area contributed by atoms with E-state index in [4.69, 9.17) is 9.84 Å². The molecule has 106 valence electrons. The molecule has 1 rings (SSSR count). The first-order valence-corrected chi connectivity index (χ1v) is 6.71. The lowest BCUT2D eigenvalue weighted by Gasteiger charge is -2.07. The van der Waals surface area contributed by atoms with Crippen molar-refractivity contribution >= 4 is 0 Å². The number of aliphatic hydroxyl groups excluding tert-OH is 1. The van der Waals surface area contributed by atoms with Crippen molar-refractivity contribution in [3.8, 4) is 5.75 Å². The number of rotatable bonds is 11. The van der Waals surface area contributed by atoms with Gasteiger partial charge in [-0.2, -0.15) is 0 Å². The van der Waals surface area contributed by atoms with Crippen molar-refractivity contribution < 1.29 is 9.84 Å². The highest BCUT2D eigenvalue weighted by Gasteiger charge is 1.95. The molecular weight excluding hydrogens is 240 g/mol. The number of hydrogen-bond donors (Lipinski definition) is 3. The maximum Gasteiger partial charge on any atom is 0.119 e. The molecule has 3 N–H and O–H groups in total. The van der Waals surface area contributed by atoms with Crippen molar-refractivity contribution in [1.82, 2.24) is 10.6 Å². The van der Waals surface area contributed by atoms with Crippen LogP contribution in [0.3, 0.4) is 0 Å². The summed E-state index contributed by atoms with van der Waals surface area (Å²) in [6.07, 6.45) is 2.79. The highest BCUT2D eigenvalue weighted by atomic mass is 16.5. The van der Waals surface area contributed by atoms with E-state index in [9.17, 15) is 0 Å². The third-order valence-electron chi connectivity index (χ3n) is 2.62. The van der Waals surface area contributed by atoms with Crippen molar-refractivity contribution in [3.05, 3.63) is 42.5 Å². The van der Waals surface area contributed by atoms with Crippen LogP contribution >= 0.6 is 0 Å². The third kappa shape index (κ3) is 7.62. The van der Waals surface area contributed by atoms with Gasteiger partial charge in [-0.3, -0.25) is 0 Å². The van der Waals surface area contributed by atoms with Gasteiger partial charge in [0.15, 0.2) is 0 Å². The highest BCUT2D eigenvalue weighted by molar-refractivity contribution is 5.27. The highest BCUT2D eigenvalue weighted by Crippen LogP contribution is 2.11. The average Bonchev–Trinajstić information content (AvgIpc) is 2.45. The van der Waals surface area contributed by atoms with Crippen LogP contribution in [0.1, 0.15) is 12.0 Å². The molecule has 0 atom stereocenters. The molecule has 19 heavy (non-hydrogen) atoms. The van der Waals surface area contributed by atoms with Crippen molar-refractivity contribution in [3.63, 3.8) is 0 Å². The fourth-order valence-corrected chi connectivity index (χ4v) is 1.63. The third-order valence-corrected chi connectivity index (χ3v) is 2.62. The molecule has 0 amide bonds. The van der Waals surface area contributed by atoms with Gasteiger partial charge in [0.25, 0.3) is 0 Å². The summed E-state index contributed by atoms with van der Waals surface area (Å²) in [4.78, 5) is 0. The fraction of sp³-hybridized carbons (Fsp3) is 0.467. The molecule has 4 nitrogen and oxygen atoms in total. The Hall–Kier alpha value is -1.36. The molecule has 0 fully saturated rings. The monoisotopic (exact) mass is 264 g/mol. The summed E-state index contributed by atoms with van der Waals surface area (Å²) in [6, 6.07) is 8.08. The van der Waals surface area contributed by atoms with Crippen LogP contribution in [0, 0.1) is 0 Å². The zero-order chi connectivity index (χ0) is 13.8. The van der Waals surface area contributed by atoms with Crippen LogP contribution in [-0.2, 0) is 6.54 Å². The average molecular weight is 264 g/mol. The lowest BCUT2D eigenvalue weighted by molar-refractivity contribution is 0.292. The smallest absolute Gasteiger partial charge is 0.119 e. The SMILES string of the molecule is C=CCOc1ccc(CNCCCNCCO)cc1. The fourth-order valence-electron chi connectivity index (χ4n) is 1.63. The lowest BCUT2D eigenvalue weighted by atomic mass is 10.2. The minimum atomic E-state index is 0.202. The van der Waals surface area contributed by atoms with E-state index in [1.165, 1.54) is 5.56 Å². The second-order valence-corrected chi connectivity index (χ2v) is 4.25. The number of benzene rings is 1. The predicted molar refractivity (Wildman–Crippen MR) is 78.4 cm³/mol. The molecule has 0 radical (unpaired) electrons. The molecule has 0 aliphatic heterocycles. The van der Waals surface area contributed by atoms with Gasteiger partial charge in [-0.25, -0.2) is 0 Å². The second-order valence-electron chi connectivity index (χ2n) is 4.25. The maximum atomic E-state index is 8.60. The van der Waals surface area contributed by atoms with E-state index in [0.717, 1.165) is 31.8 Å². The Kier molecular flexibility index (Phi) is 8.72. The van der Waals surface area contributed by atoms with E-state index in [2.05, 4.69) is 29.3 Å². The quantitative estimate of drug-likeness (QED) is 0.417. The molecule has 0 saturated heterocycles. The van der Waals surface area contributed by atoms with Gasteiger partial charge in [0.1, 0.15) is 12.4 Å². The van der Waals surface area contributed by atoms with E-state index in [1.807, 2.05) is 12.1 Å². The van der Waals surface area contributed by atoms with Crippen LogP contribution in [0.5, 0.6) is 5.75 Å². The van der Waals surface area contributed by atoms with Crippen molar-refractivity contribution in [1.29, 1.82) is 0 Å². The van der Waals surface area contributed by atoms with Gasteiger partial charge in [-0.15, -0.1) is 0 Å². The Balaban J connectivity index is 2.10. The van der Waals surface area contributed by atoms with Crippen LogP contribution in [-0.4, -0.2) is 38.0 Å². The zero-order valence-corrected chi connectivity index (χ0v) is 11.4. The zero-order valence-electron chi connectivity index (χ0n) is 11.4. The molecular formula is C15H24N2O2. The summed E-state index contributed by atoms with van der Waals surface area (Å²) in [5, 5.41) is 15.1. The molecule has 1 aromatic carbocycles. The summed E-state index contributed by atoms with van der Waals surface area (Å²) in [5.74, 6) is 0.872. The summed E-state index contributed by atoms with van der Waals surface area (Å²) >= 11 is 0. The predicted octanol–water partition coefficient (Wildman–Crippen LogP) is 1.31. The number of nitrogens with one attached hydrogen (secondary N) is 2. The number of ether oxygens (including phenoxy) is 1. The summed E-state index contributed by atoms with van der Waals surface area (Å²) in [5.41, 5.74) is 1.24. The van der Waals surface area contributed by atoms with Gasteiger partial charge in [-0.05, 0) is 37.2 Å². The van der Waals surface area contributed by atoms with Gasteiger partial charge in [-0.1, -0.05) is 24.8 Å². The van der Waals surface area contributed by atoms with Crippen LogP contribution in [0.4, 0.5) is 0 Å². The summed E-state index contributed by atoms with van der Waals surface area (Å²) < 4.78 is 5.42. The van der Waals surface area contributed by atoms with E-state index >= 15 is 0 Å². The molecule has 0 spiro atoms. The van der Waals surface area contributed by atoms with E-state index < -0.39 is 0 Å². The Morgan fingerprint density at radius 3 is 2.53 bits per heavy atom. The number of aliphatic hydroxyl groups is 1. The molecule has 0 heterocycles. The van der Waals surface area contributed by atoms with Crippen LogP contribution in [0.2, 0.25) is 0 Å². The Morgan fingerprint density at radius 1 is 1.11 bits per heavy atom. The standard InChI is InChI=1S/C15H24N2O2/c1-2-12-19-15-6-4-14(5-7-15)13-17-9-3-8-16-10-11-18/h2,4-7,16-18H,1,3,8-13H2. The molecule has 0 aliphatic carbocycles. The lowest BCUT2D eigenvalue weighted by Crippen LogP contribution is -2.23. The van der Waals surface area contributed by atoms with Gasteiger partial charge in [0.2, 0.25) is 0 Å². The minimum absolute atomic E-state index is 0.202. The minimum Gasteiger partial charge on any atom is -0.490 e. The molecule has 0 bridgehead atoms. The van der Waals surface area contributed by atoms with Crippen LogP contribution in [0.25, 0.3) is 0 Å². The molecule has 0 saturated carbocycles.